The minimum absolute atomic E-state index is 0.108. The molecule has 1 aliphatic heterocycles. The summed E-state index contributed by atoms with van der Waals surface area (Å²) in [5.74, 6) is 0.479. The van der Waals surface area contributed by atoms with E-state index >= 15 is 0 Å². The van der Waals surface area contributed by atoms with Gasteiger partial charge in [-0.1, -0.05) is 71.9 Å². The van der Waals surface area contributed by atoms with Gasteiger partial charge in [-0.3, -0.25) is 4.79 Å². The summed E-state index contributed by atoms with van der Waals surface area (Å²) in [5.41, 5.74) is 4.45. The quantitative estimate of drug-likeness (QED) is 0.672. The van der Waals surface area contributed by atoms with Gasteiger partial charge in [0.2, 0.25) is 5.91 Å². The first-order chi connectivity index (χ1) is 13.5. The second-order valence-corrected chi connectivity index (χ2v) is 10.1. The van der Waals surface area contributed by atoms with E-state index in [1.807, 2.05) is 41.3 Å². The summed E-state index contributed by atoms with van der Waals surface area (Å²) in [5, 5.41) is 10.9. The number of nitrogens with zero attached hydrogens (tertiary/aromatic N) is 1. The number of phenols is 1. The molecule has 0 unspecified atom stereocenters. The maximum absolute atomic E-state index is 13.0. The van der Waals surface area contributed by atoms with Gasteiger partial charge in [0.15, 0.2) is 0 Å². The second-order valence-electron chi connectivity index (χ2n) is 10.1. The smallest absolute Gasteiger partial charge is 0.250 e. The molecule has 0 atom stereocenters. The van der Waals surface area contributed by atoms with E-state index in [9.17, 15) is 9.90 Å². The Morgan fingerprint density at radius 3 is 2.03 bits per heavy atom. The highest BCUT2D eigenvalue weighted by Gasteiger charge is 2.28. The molecule has 1 saturated heterocycles. The lowest BCUT2D eigenvalue weighted by Crippen LogP contribution is -2.24. The van der Waals surface area contributed by atoms with Crippen LogP contribution in [0.2, 0.25) is 0 Å². The van der Waals surface area contributed by atoms with Crippen LogP contribution in [0.15, 0.2) is 48.0 Å². The second kappa shape index (κ2) is 7.70. The fourth-order valence-corrected chi connectivity index (χ4v) is 3.84. The Hall–Kier alpha value is -2.55. The number of benzene rings is 2. The molecular weight excluding hydrogens is 358 g/mol. The minimum atomic E-state index is -0.183. The van der Waals surface area contributed by atoms with Gasteiger partial charge in [-0.2, -0.15) is 0 Å². The zero-order valence-corrected chi connectivity index (χ0v) is 18.5. The van der Waals surface area contributed by atoms with E-state index in [-0.39, 0.29) is 16.7 Å². The predicted octanol–water partition coefficient (Wildman–Crippen LogP) is 5.80. The molecule has 29 heavy (non-hydrogen) atoms. The topological polar surface area (TPSA) is 40.5 Å². The number of likely N-dealkylation sites (tertiary alicyclic amines) is 1. The first-order valence-electron chi connectivity index (χ1n) is 10.4. The highest BCUT2D eigenvalue weighted by molar-refractivity contribution is 5.99. The van der Waals surface area contributed by atoms with E-state index in [0.717, 1.165) is 40.8 Å². The van der Waals surface area contributed by atoms with Crippen LogP contribution in [-0.2, 0) is 22.2 Å². The van der Waals surface area contributed by atoms with Crippen molar-refractivity contribution in [2.45, 2.75) is 65.3 Å². The summed E-state index contributed by atoms with van der Waals surface area (Å²) >= 11 is 0. The highest BCUT2D eigenvalue weighted by atomic mass is 16.3. The van der Waals surface area contributed by atoms with Crippen molar-refractivity contribution >= 4 is 12.0 Å². The SMILES string of the molecule is CC(C)(C)c1cc(C=C2CCN(Cc3ccccc3)C2=O)cc(C(C)(C)C)c1O. The van der Waals surface area contributed by atoms with Crippen LogP contribution in [0, 0.1) is 0 Å². The van der Waals surface area contributed by atoms with Crippen LogP contribution in [0.3, 0.4) is 0 Å². The fourth-order valence-electron chi connectivity index (χ4n) is 3.84. The van der Waals surface area contributed by atoms with E-state index in [2.05, 4.69) is 53.7 Å². The van der Waals surface area contributed by atoms with E-state index < -0.39 is 0 Å². The van der Waals surface area contributed by atoms with Gasteiger partial charge in [-0.05, 0) is 46.6 Å². The van der Waals surface area contributed by atoms with Gasteiger partial charge in [0.1, 0.15) is 5.75 Å². The number of carbonyl (C=O) groups is 1. The van der Waals surface area contributed by atoms with Crippen molar-refractivity contribution < 1.29 is 9.90 Å². The predicted molar refractivity (Wildman–Crippen MR) is 120 cm³/mol. The van der Waals surface area contributed by atoms with Crippen molar-refractivity contribution in [3.63, 3.8) is 0 Å². The van der Waals surface area contributed by atoms with Crippen molar-refractivity contribution in [3.8, 4) is 5.75 Å². The van der Waals surface area contributed by atoms with Crippen LogP contribution in [0.4, 0.5) is 0 Å². The van der Waals surface area contributed by atoms with Gasteiger partial charge in [-0.15, -0.1) is 0 Å². The van der Waals surface area contributed by atoms with Crippen molar-refractivity contribution in [1.82, 2.24) is 4.90 Å². The van der Waals surface area contributed by atoms with Gasteiger partial charge in [0.25, 0.3) is 0 Å². The number of rotatable bonds is 3. The summed E-state index contributed by atoms with van der Waals surface area (Å²) in [6.45, 7) is 14.0. The van der Waals surface area contributed by atoms with Crippen LogP contribution < -0.4 is 0 Å². The van der Waals surface area contributed by atoms with Crippen LogP contribution in [0.5, 0.6) is 5.75 Å². The van der Waals surface area contributed by atoms with Gasteiger partial charge < -0.3 is 10.0 Å². The molecule has 0 bridgehead atoms. The van der Waals surface area contributed by atoms with Crippen molar-refractivity contribution in [2.75, 3.05) is 6.54 Å². The molecule has 154 valence electrons. The lowest BCUT2D eigenvalue weighted by atomic mass is 9.78. The monoisotopic (exact) mass is 391 g/mol. The molecule has 1 aliphatic rings. The molecule has 2 aromatic carbocycles. The zero-order chi connectivity index (χ0) is 21.4. The molecule has 1 N–H and O–H groups in total. The first kappa shape index (κ1) is 21.2. The van der Waals surface area contributed by atoms with Crippen molar-refractivity contribution in [3.05, 3.63) is 70.3 Å². The van der Waals surface area contributed by atoms with E-state index in [1.165, 1.54) is 0 Å². The molecule has 0 aromatic heterocycles. The van der Waals surface area contributed by atoms with E-state index in [0.29, 0.717) is 12.3 Å². The average molecular weight is 392 g/mol. The fraction of sp³-hybridized carbons (Fsp3) is 0.423. The first-order valence-corrected chi connectivity index (χ1v) is 10.4. The number of amides is 1. The lowest BCUT2D eigenvalue weighted by molar-refractivity contribution is -0.125. The lowest BCUT2D eigenvalue weighted by Gasteiger charge is -2.28. The molecule has 3 heteroatoms. The Balaban J connectivity index is 1.94. The number of hydrogen-bond donors (Lipinski definition) is 1. The number of phenolic OH excluding ortho intramolecular Hbond substituents is 1. The molecule has 1 amide bonds. The van der Waals surface area contributed by atoms with Crippen LogP contribution in [-0.4, -0.2) is 22.5 Å². The van der Waals surface area contributed by atoms with Crippen molar-refractivity contribution in [2.24, 2.45) is 0 Å². The number of carbonyl (C=O) groups excluding carboxylic acids is 1. The summed E-state index contributed by atoms with van der Waals surface area (Å²) in [6, 6.07) is 14.2. The Kier molecular flexibility index (Phi) is 5.62. The summed E-state index contributed by atoms with van der Waals surface area (Å²) in [6.07, 6.45) is 2.76. The Morgan fingerprint density at radius 2 is 1.52 bits per heavy atom. The number of hydrogen-bond acceptors (Lipinski definition) is 2. The molecule has 0 saturated carbocycles. The molecule has 1 heterocycles. The maximum Gasteiger partial charge on any atom is 0.250 e. The number of aromatic hydroxyl groups is 1. The van der Waals surface area contributed by atoms with E-state index in [4.69, 9.17) is 0 Å². The van der Waals surface area contributed by atoms with Crippen LogP contribution in [0.1, 0.15) is 70.2 Å². The minimum Gasteiger partial charge on any atom is -0.507 e. The molecule has 3 nitrogen and oxygen atoms in total. The summed E-state index contributed by atoms with van der Waals surface area (Å²) in [4.78, 5) is 14.9. The van der Waals surface area contributed by atoms with Crippen LogP contribution >= 0.6 is 0 Å². The molecule has 1 fully saturated rings. The Labute approximate surface area is 175 Å². The summed E-state index contributed by atoms with van der Waals surface area (Å²) < 4.78 is 0. The van der Waals surface area contributed by atoms with E-state index in [1.54, 1.807) is 0 Å². The third kappa shape index (κ3) is 4.72. The molecule has 0 aliphatic carbocycles. The van der Waals surface area contributed by atoms with Crippen molar-refractivity contribution in [1.29, 1.82) is 0 Å². The van der Waals surface area contributed by atoms with Gasteiger partial charge >= 0.3 is 0 Å². The largest absolute Gasteiger partial charge is 0.507 e. The Morgan fingerprint density at radius 1 is 0.966 bits per heavy atom. The summed E-state index contributed by atoms with van der Waals surface area (Å²) in [7, 11) is 0. The standard InChI is InChI=1S/C26H33NO2/c1-25(2,3)21-15-19(16-22(23(21)28)26(4,5)6)14-20-12-13-27(24(20)29)17-18-10-8-7-9-11-18/h7-11,14-16,28H,12-13,17H2,1-6H3. The Bertz CT molecular complexity index is 892. The average Bonchev–Trinajstić information content (AvgIpc) is 2.95. The van der Waals surface area contributed by atoms with Crippen LogP contribution in [0.25, 0.3) is 6.08 Å². The molecule has 0 radical (unpaired) electrons. The molecular formula is C26H33NO2. The third-order valence-corrected chi connectivity index (χ3v) is 5.52. The maximum atomic E-state index is 13.0. The molecule has 3 rings (SSSR count). The highest BCUT2D eigenvalue weighted by Crippen LogP contribution is 2.40. The van der Waals surface area contributed by atoms with Gasteiger partial charge in [0, 0.05) is 29.8 Å². The molecule has 0 spiro atoms. The van der Waals surface area contributed by atoms with Gasteiger partial charge in [0.05, 0.1) is 0 Å². The normalized spacial score (nSPS) is 16.7. The third-order valence-electron chi connectivity index (χ3n) is 5.52. The zero-order valence-electron chi connectivity index (χ0n) is 18.5. The van der Waals surface area contributed by atoms with Gasteiger partial charge in [-0.25, -0.2) is 0 Å². The molecule has 2 aromatic rings.